The summed E-state index contributed by atoms with van der Waals surface area (Å²) in [6, 6.07) is 10.1. The van der Waals surface area contributed by atoms with E-state index in [1.807, 2.05) is 18.2 Å². The van der Waals surface area contributed by atoms with Crippen molar-refractivity contribution in [1.82, 2.24) is 10.2 Å². The lowest BCUT2D eigenvalue weighted by Crippen LogP contribution is -2.63. The Labute approximate surface area is 123 Å². The van der Waals surface area contributed by atoms with Crippen LogP contribution in [0.15, 0.2) is 30.3 Å². The van der Waals surface area contributed by atoms with Crippen molar-refractivity contribution in [2.75, 3.05) is 18.8 Å². The van der Waals surface area contributed by atoms with Crippen LogP contribution in [0.2, 0.25) is 0 Å². The van der Waals surface area contributed by atoms with Crippen molar-refractivity contribution < 1.29 is 9.59 Å². The van der Waals surface area contributed by atoms with E-state index in [1.54, 1.807) is 30.5 Å². The lowest BCUT2D eigenvalue weighted by Gasteiger charge is -2.41. The molecule has 20 heavy (non-hydrogen) atoms. The summed E-state index contributed by atoms with van der Waals surface area (Å²) in [6.45, 7) is 4.71. The third-order valence-electron chi connectivity index (χ3n) is 3.49. The first kappa shape index (κ1) is 14.9. The van der Waals surface area contributed by atoms with Gasteiger partial charge >= 0.3 is 0 Å². The largest absolute Gasteiger partial charge is 0.352 e. The second kappa shape index (κ2) is 6.31. The zero-order valence-electron chi connectivity index (χ0n) is 11.9. The minimum absolute atomic E-state index is 0.0331. The van der Waals surface area contributed by atoms with Gasteiger partial charge in [0.15, 0.2) is 0 Å². The third kappa shape index (κ3) is 3.33. The highest BCUT2D eigenvalue weighted by atomic mass is 32.2. The fraction of sp³-hybridized carbons (Fsp3) is 0.467. The van der Waals surface area contributed by atoms with Gasteiger partial charge in [0.2, 0.25) is 11.8 Å². The Kier molecular flexibility index (Phi) is 4.70. The number of piperazine rings is 1. The smallest absolute Gasteiger partial charge is 0.245 e. The van der Waals surface area contributed by atoms with Crippen LogP contribution < -0.4 is 5.32 Å². The fourth-order valence-electron chi connectivity index (χ4n) is 2.24. The molecule has 2 amide bonds. The van der Waals surface area contributed by atoms with Gasteiger partial charge in [0, 0.05) is 18.8 Å². The van der Waals surface area contributed by atoms with Crippen LogP contribution >= 0.6 is 11.8 Å². The summed E-state index contributed by atoms with van der Waals surface area (Å²) in [4.78, 5) is 25.8. The van der Waals surface area contributed by atoms with Crippen molar-refractivity contribution in [3.8, 4) is 0 Å². The van der Waals surface area contributed by atoms with Crippen LogP contribution in [-0.2, 0) is 15.3 Å². The first-order valence-electron chi connectivity index (χ1n) is 6.72. The van der Waals surface area contributed by atoms with E-state index in [0.717, 1.165) is 5.75 Å². The minimum atomic E-state index is -0.747. The number of amides is 2. The molecule has 0 unspecified atom stereocenters. The van der Waals surface area contributed by atoms with Gasteiger partial charge in [-0.05, 0) is 19.4 Å². The Morgan fingerprint density at radius 2 is 2.05 bits per heavy atom. The van der Waals surface area contributed by atoms with Crippen molar-refractivity contribution in [1.29, 1.82) is 0 Å². The molecule has 0 radical (unpaired) electrons. The average molecular weight is 292 g/mol. The molecule has 0 aliphatic carbocycles. The monoisotopic (exact) mass is 292 g/mol. The van der Waals surface area contributed by atoms with E-state index in [4.69, 9.17) is 0 Å². The molecule has 1 N–H and O–H groups in total. The highest BCUT2D eigenvalue weighted by molar-refractivity contribution is 7.99. The molecule has 0 spiro atoms. The van der Waals surface area contributed by atoms with Crippen molar-refractivity contribution in [3.05, 3.63) is 35.9 Å². The number of carbonyl (C=O) groups is 2. The summed E-state index contributed by atoms with van der Waals surface area (Å²) in [7, 11) is 0. The maximum Gasteiger partial charge on any atom is 0.245 e. The lowest BCUT2D eigenvalue weighted by atomic mass is 9.99. The van der Waals surface area contributed by atoms with E-state index in [1.165, 1.54) is 5.56 Å². The van der Waals surface area contributed by atoms with E-state index in [9.17, 15) is 9.59 Å². The topological polar surface area (TPSA) is 49.4 Å². The molecule has 0 atom stereocenters. The van der Waals surface area contributed by atoms with Crippen LogP contribution in [0.1, 0.15) is 19.4 Å². The number of carbonyl (C=O) groups excluding carboxylic acids is 2. The highest BCUT2D eigenvalue weighted by Crippen LogP contribution is 2.20. The van der Waals surface area contributed by atoms with E-state index >= 15 is 0 Å². The van der Waals surface area contributed by atoms with Crippen LogP contribution in [0, 0.1) is 0 Å². The molecular formula is C15H20N2O2S. The molecule has 1 fully saturated rings. The minimum Gasteiger partial charge on any atom is -0.352 e. The molecule has 1 aromatic carbocycles. The Morgan fingerprint density at radius 3 is 2.75 bits per heavy atom. The predicted molar refractivity (Wildman–Crippen MR) is 81.4 cm³/mol. The number of nitrogens with one attached hydrogen (secondary N) is 1. The SMILES string of the molecule is CC1(C)C(=O)NCCN1C(=O)CSCc1ccccc1. The molecule has 0 saturated carbocycles. The van der Waals surface area contributed by atoms with Gasteiger partial charge in [-0.15, -0.1) is 11.8 Å². The summed E-state index contributed by atoms with van der Waals surface area (Å²) in [5, 5.41) is 2.80. The van der Waals surface area contributed by atoms with Gasteiger partial charge in [-0.3, -0.25) is 9.59 Å². The first-order valence-corrected chi connectivity index (χ1v) is 7.88. The van der Waals surface area contributed by atoms with Gasteiger partial charge in [0.25, 0.3) is 0 Å². The van der Waals surface area contributed by atoms with Crippen LogP contribution in [0.4, 0.5) is 0 Å². The van der Waals surface area contributed by atoms with Gasteiger partial charge < -0.3 is 10.2 Å². The summed E-state index contributed by atoms with van der Waals surface area (Å²) in [5.41, 5.74) is 0.462. The number of benzene rings is 1. The van der Waals surface area contributed by atoms with Crippen LogP contribution in [-0.4, -0.2) is 41.1 Å². The molecule has 0 bridgehead atoms. The maximum absolute atomic E-state index is 12.3. The highest BCUT2D eigenvalue weighted by Gasteiger charge is 2.39. The third-order valence-corrected chi connectivity index (χ3v) is 4.48. The molecule has 2 rings (SSSR count). The second-order valence-corrected chi connectivity index (χ2v) is 6.32. The molecular weight excluding hydrogens is 272 g/mol. The number of hydrogen-bond acceptors (Lipinski definition) is 3. The number of rotatable bonds is 4. The van der Waals surface area contributed by atoms with E-state index in [-0.39, 0.29) is 11.8 Å². The van der Waals surface area contributed by atoms with E-state index in [0.29, 0.717) is 18.8 Å². The fourth-order valence-corrected chi connectivity index (χ4v) is 3.11. The molecule has 5 heteroatoms. The van der Waals surface area contributed by atoms with Gasteiger partial charge in [-0.25, -0.2) is 0 Å². The predicted octanol–water partition coefficient (Wildman–Crippen LogP) is 1.66. The Hall–Kier alpha value is -1.49. The first-order chi connectivity index (χ1) is 9.51. The number of hydrogen-bond donors (Lipinski definition) is 1. The number of thioether (sulfide) groups is 1. The van der Waals surface area contributed by atoms with Crippen LogP contribution in [0.5, 0.6) is 0 Å². The molecule has 4 nitrogen and oxygen atoms in total. The number of nitrogens with zero attached hydrogens (tertiary/aromatic N) is 1. The summed E-state index contributed by atoms with van der Waals surface area (Å²) in [6.07, 6.45) is 0. The Bertz CT molecular complexity index is 488. The Morgan fingerprint density at radius 1 is 1.35 bits per heavy atom. The quantitative estimate of drug-likeness (QED) is 0.918. The van der Waals surface area contributed by atoms with Gasteiger partial charge in [0.1, 0.15) is 5.54 Å². The van der Waals surface area contributed by atoms with E-state index < -0.39 is 5.54 Å². The molecule has 1 heterocycles. The van der Waals surface area contributed by atoms with Crippen molar-refractivity contribution in [2.45, 2.75) is 25.1 Å². The summed E-state index contributed by atoms with van der Waals surface area (Å²) < 4.78 is 0. The van der Waals surface area contributed by atoms with Gasteiger partial charge in [-0.1, -0.05) is 30.3 Å². The zero-order chi connectivity index (χ0) is 14.6. The summed E-state index contributed by atoms with van der Waals surface area (Å²) in [5.74, 6) is 1.18. The van der Waals surface area contributed by atoms with Crippen molar-refractivity contribution in [2.24, 2.45) is 0 Å². The van der Waals surface area contributed by atoms with Crippen molar-refractivity contribution in [3.63, 3.8) is 0 Å². The Balaban J connectivity index is 1.87. The lowest BCUT2D eigenvalue weighted by molar-refractivity contribution is -0.147. The van der Waals surface area contributed by atoms with E-state index in [2.05, 4.69) is 17.4 Å². The van der Waals surface area contributed by atoms with Gasteiger partial charge in [-0.2, -0.15) is 0 Å². The molecule has 0 aromatic heterocycles. The standard InChI is InChI=1S/C15H20N2O2S/c1-15(2)14(19)16-8-9-17(15)13(18)11-20-10-12-6-4-3-5-7-12/h3-7H,8-11H2,1-2H3,(H,16,19). The zero-order valence-corrected chi connectivity index (χ0v) is 12.7. The molecule has 1 aliphatic heterocycles. The maximum atomic E-state index is 12.3. The summed E-state index contributed by atoms with van der Waals surface area (Å²) >= 11 is 1.59. The van der Waals surface area contributed by atoms with Crippen LogP contribution in [0.3, 0.4) is 0 Å². The molecule has 108 valence electrons. The van der Waals surface area contributed by atoms with Crippen LogP contribution in [0.25, 0.3) is 0 Å². The average Bonchev–Trinajstić information content (AvgIpc) is 2.43. The normalized spacial score (nSPS) is 17.7. The molecule has 1 aromatic rings. The molecule has 1 aliphatic rings. The van der Waals surface area contributed by atoms with Crippen molar-refractivity contribution >= 4 is 23.6 Å². The molecule has 1 saturated heterocycles. The second-order valence-electron chi connectivity index (χ2n) is 5.34. The van der Waals surface area contributed by atoms with Gasteiger partial charge in [0.05, 0.1) is 5.75 Å².